The van der Waals surface area contributed by atoms with E-state index in [1.165, 1.54) is 37.3 Å². The predicted octanol–water partition coefficient (Wildman–Crippen LogP) is 2.76. The molecule has 0 spiro atoms. The number of amides is 1. The van der Waals surface area contributed by atoms with Crippen LogP contribution in [0.2, 0.25) is 0 Å². The maximum Gasteiger partial charge on any atom is 0.305 e. The maximum atomic E-state index is 13.9. The summed E-state index contributed by atoms with van der Waals surface area (Å²) in [6.45, 7) is 0.182. The molecule has 0 saturated heterocycles. The van der Waals surface area contributed by atoms with Gasteiger partial charge in [0.05, 0.1) is 11.3 Å². The van der Waals surface area contributed by atoms with Crippen molar-refractivity contribution in [1.29, 1.82) is 0 Å². The lowest BCUT2D eigenvalue weighted by molar-refractivity contribution is -0.140. The molecule has 3 rings (SSSR count). The second-order valence-electron chi connectivity index (χ2n) is 8.69. The van der Waals surface area contributed by atoms with Gasteiger partial charge in [-0.15, -0.1) is 0 Å². The highest BCUT2D eigenvalue weighted by molar-refractivity contribution is 7.92. The molecular formula is C26H23F4N3O8S. The highest BCUT2D eigenvalue weighted by atomic mass is 32.2. The minimum absolute atomic E-state index is 0.0821. The fourth-order valence-corrected chi connectivity index (χ4v) is 4.83. The number of aliphatic carboxylic acids is 1. The summed E-state index contributed by atoms with van der Waals surface area (Å²) in [4.78, 5) is 50.1. The first-order valence-electron chi connectivity index (χ1n) is 12.1. The Morgan fingerprint density at radius 3 is 2.19 bits per heavy atom. The zero-order valence-electron chi connectivity index (χ0n) is 21.6. The number of carbonyl (C=O) groups is 3. The maximum absolute atomic E-state index is 13.9. The standard InChI is InChI=1S/C26H23F4N3O8S/c1-2-19(33-10-6-9-17(26(33)38)32-42(39,40)14-7-4-3-5-8-14)25(37)31-18(12-21(35)36)20(34)13-41-24-22(29)15(27)11-16(28)23(24)30/h3-11,18-19,32H,2,12-13H2,1H3,(H,31,37)(H,35,36)/t18-,19?/m0/s1. The van der Waals surface area contributed by atoms with E-state index >= 15 is 0 Å². The Hall–Kier alpha value is -4.73. The molecule has 3 aromatic rings. The molecule has 0 bridgehead atoms. The summed E-state index contributed by atoms with van der Waals surface area (Å²) in [6.07, 6.45) is 0.0420. The summed E-state index contributed by atoms with van der Waals surface area (Å²) in [5, 5.41) is 11.3. The van der Waals surface area contributed by atoms with Gasteiger partial charge in [0.25, 0.3) is 15.6 Å². The number of ether oxygens (including phenoxy) is 1. The smallest absolute Gasteiger partial charge is 0.305 e. The largest absolute Gasteiger partial charge is 0.481 e. The van der Waals surface area contributed by atoms with E-state index in [1.54, 1.807) is 6.07 Å². The number of pyridine rings is 1. The number of carbonyl (C=O) groups excluding carboxylic acids is 2. The van der Waals surface area contributed by atoms with Gasteiger partial charge in [0.2, 0.25) is 17.5 Å². The molecule has 3 N–H and O–H groups in total. The number of halogens is 4. The molecular weight excluding hydrogens is 590 g/mol. The van der Waals surface area contributed by atoms with Crippen molar-refractivity contribution in [2.45, 2.75) is 36.7 Å². The van der Waals surface area contributed by atoms with Crippen LogP contribution in [0.25, 0.3) is 0 Å². The summed E-state index contributed by atoms with van der Waals surface area (Å²) >= 11 is 0. The summed E-state index contributed by atoms with van der Waals surface area (Å²) in [5.41, 5.74) is -1.35. The summed E-state index contributed by atoms with van der Waals surface area (Å²) in [7, 11) is -4.18. The number of aromatic nitrogens is 1. The Kier molecular flexibility index (Phi) is 10.1. The predicted molar refractivity (Wildman–Crippen MR) is 138 cm³/mol. The van der Waals surface area contributed by atoms with Crippen LogP contribution in [0.4, 0.5) is 23.2 Å². The van der Waals surface area contributed by atoms with Crippen LogP contribution in [0.15, 0.2) is 64.4 Å². The van der Waals surface area contributed by atoms with Crippen LogP contribution in [0.5, 0.6) is 5.75 Å². The zero-order valence-corrected chi connectivity index (χ0v) is 22.5. The molecule has 1 unspecified atom stereocenters. The lowest BCUT2D eigenvalue weighted by Crippen LogP contribution is -2.48. The number of benzene rings is 2. The number of Topliss-reactive ketones (excluding diaryl/α,β-unsaturated/α-hetero) is 1. The number of sulfonamides is 1. The van der Waals surface area contributed by atoms with E-state index in [0.717, 1.165) is 16.8 Å². The number of anilines is 1. The fraction of sp³-hybridized carbons (Fsp3) is 0.231. The molecule has 0 aliphatic carbocycles. The molecule has 1 aromatic heterocycles. The SMILES string of the molecule is CCC(C(=O)N[C@@H](CC(=O)O)C(=O)COc1c(F)c(F)cc(F)c1F)n1cccc(NS(=O)(=O)c2ccccc2)c1=O. The van der Waals surface area contributed by atoms with Crippen molar-refractivity contribution in [3.8, 4) is 5.75 Å². The topological polar surface area (TPSA) is 161 Å². The number of carboxylic acids is 1. The lowest BCUT2D eigenvalue weighted by Gasteiger charge is -2.22. The molecule has 0 radical (unpaired) electrons. The van der Waals surface area contributed by atoms with Crippen LogP contribution in [-0.2, 0) is 24.4 Å². The van der Waals surface area contributed by atoms with Crippen LogP contribution in [0.3, 0.4) is 0 Å². The van der Waals surface area contributed by atoms with Crippen molar-refractivity contribution in [3.63, 3.8) is 0 Å². The molecule has 42 heavy (non-hydrogen) atoms. The first kappa shape index (κ1) is 31.8. The van der Waals surface area contributed by atoms with Gasteiger partial charge in [0.15, 0.2) is 23.2 Å². The summed E-state index contributed by atoms with van der Waals surface area (Å²) in [6, 6.07) is 6.23. The Balaban J connectivity index is 1.82. The van der Waals surface area contributed by atoms with E-state index in [1.807, 2.05) is 0 Å². The Morgan fingerprint density at radius 2 is 1.62 bits per heavy atom. The first-order valence-corrected chi connectivity index (χ1v) is 13.5. The minimum atomic E-state index is -4.18. The number of carboxylic acid groups (broad SMARTS) is 1. The molecule has 1 amide bonds. The molecule has 224 valence electrons. The van der Waals surface area contributed by atoms with Crippen molar-refractivity contribution in [2.75, 3.05) is 11.3 Å². The van der Waals surface area contributed by atoms with Crippen molar-refractivity contribution < 1.29 is 50.2 Å². The van der Waals surface area contributed by atoms with E-state index in [4.69, 9.17) is 0 Å². The van der Waals surface area contributed by atoms with Gasteiger partial charge in [0, 0.05) is 12.3 Å². The second-order valence-corrected chi connectivity index (χ2v) is 10.4. The number of rotatable bonds is 13. The van der Waals surface area contributed by atoms with Gasteiger partial charge in [-0.3, -0.25) is 23.9 Å². The Labute approximate surface area is 235 Å². The number of hydrogen-bond donors (Lipinski definition) is 3. The normalized spacial score (nSPS) is 12.7. The van der Waals surface area contributed by atoms with Gasteiger partial charge in [-0.2, -0.15) is 8.78 Å². The van der Waals surface area contributed by atoms with Gasteiger partial charge in [-0.25, -0.2) is 17.2 Å². The number of nitrogens with zero attached hydrogens (tertiary/aromatic N) is 1. The van der Waals surface area contributed by atoms with E-state index in [9.17, 15) is 50.3 Å². The molecule has 11 nitrogen and oxygen atoms in total. The third-order valence-electron chi connectivity index (χ3n) is 5.81. The molecule has 2 aromatic carbocycles. The molecule has 0 saturated carbocycles. The van der Waals surface area contributed by atoms with Crippen molar-refractivity contribution >= 4 is 33.4 Å². The van der Waals surface area contributed by atoms with E-state index in [0.29, 0.717) is 0 Å². The van der Waals surface area contributed by atoms with E-state index < -0.39 is 93.1 Å². The van der Waals surface area contributed by atoms with Crippen LogP contribution in [0.1, 0.15) is 25.8 Å². The first-order chi connectivity index (χ1) is 19.8. The second kappa shape index (κ2) is 13.3. The van der Waals surface area contributed by atoms with E-state index in [-0.39, 0.29) is 17.4 Å². The van der Waals surface area contributed by atoms with Crippen molar-refractivity contribution in [3.05, 3.63) is 88.4 Å². The van der Waals surface area contributed by atoms with Gasteiger partial charge in [-0.1, -0.05) is 25.1 Å². The third-order valence-corrected chi connectivity index (χ3v) is 7.19. The Morgan fingerprint density at radius 1 is 1.00 bits per heavy atom. The third kappa shape index (κ3) is 7.31. The number of hydrogen-bond acceptors (Lipinski definition) is 7. The lowest BCUT2D eigenvalue weighted by atomic mass is 10.1. The van der Waals surface area contributed by atoms with Gasteiger partial charge >= 0.3 is 5.97 Å². The highest BCUT2D eigenvalue weighted by Gasteiger charge is 2.30. The molecule has 16 heteroatoms. The molecule has 1 heterocycles. The van der Waals surface area contributed by atoms with Crippen LogP contribution >= 0.6 is 0 Å². The average Bonchev–Trinajstić information content (AvgIpc) is 2.94. The van der Waals surface area contributed by atoms with Crippen LogP contribution in [0, 0.1) is 23.3 Å². The van der Waals surface area contributed by atoms with Crippen molar-refractivity contribution in [2.24, 2.45) is 0 Å². The quantitative estimate of drug-likeness (QED) is 0.196. The molecule has 2 atom stereocenters. The van der Waals surface area contributed by atoms with E-state index in [2.05, 4.69) is 14.8 Å². The van der Waals surface area contributed by atoms with Gasteiger partial charge in [0.1, 0.15) is 24.4 Å². The molecule has 0 fully saturated rings. The molecule has 0 aliphatic rings. The minimum Gasteiger partial charge on any atom is -0.481 e. The molecule has 0 aliphatic heterocycles. The Bertz CT molecular complexity index is 1640. The number of nitrogens with one attached hydrogen (secondary N) is 2. The zero-order chi connectivity index (χ0) is 31.2. The van der Waals surface area contributed by atoms with Crippen LogP contribution < -0.4 is 20.3 Å². The summed E-state index contributed by atoms with van der Waals surface area (Å²) in [5.74, 6) is -12.9. The highest BCUT2D eigenvalue weighted by Crippen LogP contribution is 2.26. The van der Waals surface area contributed by atoms with Crippen molar-refractivity contribution in [1.82, 2.24) is 9.88 Å². The fourth-order valence-electron chi connectivity index (χ4n) is 3.75. The van der Waals surface area contributed by atoms with Gasteiger partial charge < -0.3 is 19.7 Å². The number of ketones is 1. The summed E-state index contributed by atoms with van der Waals surface area (Å²) < 4.78 is 87.5. The van der Waals surface area contributed by atoms with Crippen LogP contribution in [-0.4, -0.2) is 48.4 Å². The van der Waals surface area contributed by atoms with Gasteiger partial charge in [-0.05, 0) is 30.7 Å². The average molecular weight is 614 g/mol. The monoisotopic (exact) mass is 613 g/mol.